The molecule has 0 spiro atoms. The van der Waals surface area contributed by atoms with Crippen LogP contribution >= 0.6 is 0 Å². The molecule has 3 N–H and O–H groups in total. The van der Waals surface area contributed by atoms with Crippen molar-refractivity contribution >= 4 is 5.97 Å². The number of carboxylic acid groups (broad SMARTS) is 1. The molecule has 4 heteroatoms. The van der Waals surface area contributed by atoms with Crippen molar-refractivity contribution in [2.75, 3.05) is 0 Å². The number of carboxylic acids is 1. The summed E-state index contributed by atoms with van der Waals surface area (Å²) in [6.07, 6.45) is -1.21. The van der Waals surface area contributed by atoms with Gasteiger partial charge < -0.3 is 10.8 Å². The van der Waals surface area contributed by atoms with Gasteiger partial charge in [0.2, 0.25) is 0 Å². The zero-order valence-electron chi connectivity index (χ0n) is 7.77. The van der Waals surface area contributed by atoms with Crippen LogP contribution in [0, 0.1) is 0 Å². The van der Waals surface area contributed by atoms with Crippen molar-refractivity contribution in [1.82, 2.24) is 0 Å². The highest BCUT2D eigenvalue weighted by atomic mass is 19.1. The third-order valence-corrected chi connectivity index (χ3v) is 2.03. The van der Waals surface area contributed by atoms with Crippen molar-refractivity contribution < 1.29 is 14.3 Å². The Kier molecular flexibility index (Phi) is 3.19. The van der Waals surface area contributed by atoms with Crippen LogP contribution in [-0.2, 0) is 4.79 Å². The van der Waals surface area contributed by atoms with Gasteiger partial charge in [0.15, 0.2) is 0 Å². The third-order valence-electron chi connectivity index (χ3n) is 2.03. The molecule has 0 bridgehead atoms. The van der Waals surface area contributed by atoms with E-state index in [4.69, 9.17) is 10.8 Å². The molecular weight excluding hydrogens is 185 g/mol. The molecule has 1 aromatic rings. The Labute approximate surface area is 81.4 Å². The highest BCUT2D eigenvalue weighted by molar-refractivity contribution is 5.75. The highest BCUT2D eigenvalue weighted by Crippen LogP contribution is 2.24. The van der Waals surface area contributed by atoms with Crippen LogP contribution in [0.15, 0.2) is 24.3 Å². The molecule has 0 aromatic heterocycles. The van der Waals surface area contributed by atoms with Gasteiger partial charge in [0, 0.05) is 0 Å². The molecule has 0 radical (unpaired) electrons. The van der Waals surface area contributed by atoms with Crippen molar-refractivity contribution in [3.05, 3.63) is 35.4 Å². The minimum absolute atomic E-state index is 0.329. The van der Waals surface area contributed by atoms with Crippen molar-refractivity contribution in [3.63, 3.8) is 0 Å². The first-order valence-electron chi connectivity index (χ1n) is 4.25. The highest BCUT2D eigenvalue weighted by Gasteiger charge is 2.19. The summed E-state index contributed by atoms with van der Waals surface area (Å²) in [5, 5.41) is 8.69. The zero-order valence-corrected chi connectivity index (χ0v) is 7.77. The van der Waals surface area contributed by atoms with Gasteiger partial charge >= 0.3 is 5.97 Å². The summed E-state index contributed by atoms with van der Waals surface area (Å²) in [4.78, 5) is 10.6. The number of benzene rings is 1. The van der Waals surface area contributed by atoms with Crippen molar-refractivity contribution in [3.8, 4) is 0 Å². The Morgan fingerprint density at radius 2 is 1.93 bits per heavy atom. The number of hydrogen-bond donors (Lipinski definition) is 2. The molecule has 3 nitrogen and oxygen atoms in total. The van der Waals surface area contributed by atoms with Crippen LogP contribution in [0.3, 0.4) is 0 Å². The first-order chi connectivity index (χ1) is 6.54. The molecule has 0 aliphatic heterocycles. The average Bonchev–Trinajstić information content (AvgIpc) is 2.16. The molecule has 0 fully saturated rings. The molecule has 1 rings (SSSR count). The Balaban J connectivity index is 3.13. The van der Waals surface area contributed by atoms with Crippen LogP contribution in [0.2, 0.25) is 0 Å². The zero-order chi connectivity index (χ0) is 10.7. The maximum Gasteiger partial charge on any atom is 0.325 e. The SMILES string of the molecule is CC(F)c1ccccc1C(N)C(=O)O. The van der Waals surface area contributed by atoms with E-state index in [9.17, 15) is 9.18 Å². The van der Waals surface area contributed by atoms with E-state index in [1.165, 1.54) is 13.0 Å². The minimum atomic E-state index is -1.21. The van der Waals surface area contributed by atoms with Gasteiger partial charge in [-0.25, -0.2) is 4.39 Å². The maximum atomic E-state index is 13.1. The maximum absolute atomic E-state index is 13.1. The number of aliphatic carboxylic acids is 1. The van der Waals surface area contributed by atoms with Crippen LogP contribution in [0.4, 0.5) is 4.39 Å². The van der Waals surface area contributed by atoms with Gasteiger partial charge in [0.05, 0.1) is 0 Å². The lowest BCUT2D eigenvalue weighted by Gasteiger charge is -2.13. The number of nitrogens with two attached hydrogens (primary N) is 1. The van der Waals surface area contributed by atoms with E-state index in [1.807, 2.05) is 0 Å². The van der Waals surface area contributed by atoms with Crippen LogP contribution in [0.5, 0.6) is 0 Å². The van der Waals surface area contributed by atoms with Crippen LogP contribution in [0.25, 0.3) is 0 Å². The number of hydrogen-bond acceptors (Lipinski definition) is 2. The smallest absolute Gasteiger partial charge is 0.325 e. The lowest BCUT2D eigenvalue weighted by Crippen LogP contribution is -2.22. The van der Waals surface area contributed by atoms with Crippen molar-refractivity contribution in [2.45, 2.75) is 19.1 Å². The predicted octanol–water partition coefficient (Wildman–Crippen LogP) is 1.80. The molecule has 0 saturated carbocycles. The quantitative estimate of drug-likeness (QED) is 0.776. The second-order valence-corrected chi connectivity index (χ2v) is 3.06. The molecule has 1 aromatic carbocycles. The molecule has 0 heterocycles. The largest absolute Gasteiger partial charge is 0.480 e. The van der Waals surface area contributed by atoms with Gasteiger partial charge in [-0.2, -0.15) is 0 Å². The van der Waals surface area contributed by atoms with Gasteiger partial charge in [-0.15, -0.1) is 0 Å². The monoisotopic (exact) mass is 197 g/mol. The van der Waals surface area contributed by atoms with Crippen LogP contribution in [0.1, 0.15) is 30.3 Å². The van der Waals surface area contributed by atoms with Crippen molar-refractivity contribution in [2.24, 2.45) is 5.73 Å². The Bertz CT molecular complexity index is 339. The van der Waals surface area contributed by atoms with E-state index in [0.717, 1.165) is 0 Å². The topological polar surface area (TPSA) is 63.3 Å². The first-order valence-corrected chi connectivity index (χ1v) is 4.25. The number of rotatable bonds is 3. The van der Waals surface area contributed by atoms with E-state index in [2.05, 4.69) is 0 Å². The lowest BCUT2D eigenvalue weighted by molar-refractivity contribution is -0.138. The van der Waals surface area contributed by atoms with Gasteiger partial charge in [-0.05, 0) is 18.1 Å². The summed E-state index contributed by atoms with van der Waals surface area (Å²) in [5.74, 6) is -1.15. The normalized spacial score (nSPS) is 14.8. The Morgan fingerprint density at radius 3 is 2.36 bits per heavy atom. The molecule has 2 unspecified atom stereocenters. The van der Waals surface area contributed by atoms with Gasteiger partial charge in [-0.1, -0.05) is 24.3 Å². The standard InChI is InChI=1S/C10H12FNO2/c1-6(11)7-4-2-3-5-8(7)9(12)10(13)14/h2-6,9H,12H2,1H3,(H,13,14). The van der Waals surface area contributed by atoms with Crippen LogP contribution in [-0.4, -0.2) is 11.1 Å². The molecule has 0 aliphatic carbocycles. The number of alkyl halides is 1. The predicted molar refractivity (Wildman–Crippen MR) is 50.5 cm³/mol. The first kappa shape index (κ1) is 10.7. The summed E-state index contributed by atoms with van der Waals surface area (Å²) in [5.41, 5.74) is 6.07. The summed E-state index contributed by atoms with van der Waals surface area (Å²) >= 11 is 0. The fourth-order valence-electron chi connectivity index (χ4n) is 1.29. The fraction of sp³-hybridized carbons (Fsp3) is 0.300. The van der Waals surface area contributed by atoms with E-state index in [1.54, 1.807) is 18.2 Å². The lowest BCUT2D eigenvalue weighted by atomic mass is 9.98. The number of halogens is 1. The van der Waals surface area contributed by atoms with E-state index in [-0.39, 0.29) is 0 Å². The average molecular weight is 197 g/mol. The molecule has 0 aliphatic rings. The molecule has 0 amide bonds. The van der Waals surface area contributed by atoms with E-state index in [0.29, 0.717) is 11.1 Å². The molecule has 76 valence electrons. The second-order valence-electron chi connectivity index (χ2n) is 3.06. The Hall–Kier alpha value is -1.42. The fourth-order valence-corrected chi connectivity index (χ4v) is 1.29. The molecule has 14 heavy (non-hydrogen) atoms. The minimum Gasteiger partial charge on any atom is -0.480 e. The molecule has 2 atom stereocenters. The summed E-state index contributed by atoms with van der Waals surface area (Å²) in [7, 11) is 0. The Morgan fingerprint density at radius 1 is 1.43 bits per heavy atom. The third kappa shape index (κ3) is 2.09. The van der Waals surface area contributed by atoms with Gasteiger partial charge in [0.25, 0.3) is 0 Å². The summed E-state index contributed by atoms with van der Waals surface area (Å²) < 4.78 is 13.1. The summed E-state index contributed by atoms with van der Waals surface area (Å²) in [6.45, 7) is 1.35. The van der Waals surface area contributed by atoms with Crippen molar-refractivity contribution in [1.29, 1.82) is 0 Å². The van der Waals surface area contributed by atoms with Gasteiger partial charge in [-0.3, -0.25) is 4.79 Å². The van der Waals surface area contributed by atoms with Crippen LogP contribution < -0.4 is 5.73 Å². The molecule has 0 saturated heterocycles. The van der Waals surface area contributed by atoms with Gasteiger partial charge in [0.1, 0.15) is 12.2 Å². The van der Waals surface area contributed by atoms with E-state index >= 15 is 0 Å². The molecular formula is C10H12FNO2. The van der Waals surface area contributed by atoms with E-state index < -0.39 is 18.2 Å². The summed E-state index contributed by atoms with van der Waals surface area (Å²) in [6, 6.07) is 5.21. The number of carbonyl (C=O) groups is 1. The second kappa shape index (κ2) is 4.19.